The number of fused-ring (bicyclic) bond motifs is 1. The van der Waals surface area contributed by atoms with E-state index in [-0.39, 0.29) is 18.3 Å². The van der Waals surface area contributed by atoms with Crippen molar-refractivity contribution in [3.63, 3.8) is 0 Å². The highest BCUT2D eigenvalue weighted by atomic mass is 19.1. The third-order valence-electron chi connectivity index (χ3n) is 3.87. The minimum atomic E-state index is -0.235. The molecule has 0 atom stereocenters. The first kappa shape index (κ1) is 15.0. The van der Waals surface area contributed by atoms with Crippen LogP contribution >= 0.6 is 0 Å². The third-order valence-corrected chi connectivity index (χ3v) is 3.87. The lowest BCUT2D eigenvalue weighted by Gasteiger charge is -2.29. The third kappa shape index (κ3) is 3.32. The smallest absolute Gasteiger partial charge is 0.253 e. The first-order valence-corrected chi connectivity index (χ1v) is 7.37. The standard InChI is InChI=1S/C18H16FN3O/c1-2-8-20-18(23)14-4-6-17(21-11-14)22-9-7-13-10-16(19)5-3-15(13)12-22/h1,3-6,10-11H,7-9,12H2,(H,20,23). The number of nitrogens with one attached hydrogen (secondary N) is 1. The summed E-state index contributed by atoms with van der Waals surface area (Å²) in [7, 11) is 0. The molecule has 0 unspecified atom stereocenters. The Labute approximate surface area is 134 Å². The average Bonchev–Trinajstić information content (AvgIpc) is 2.59. The average molecular weight is 309 g/mol. The molecular formula is C18H16FN3O. The number of terminal acetylenes is 1. The Morgan fingerprint density at radius 2 is 2.22 bits per heavy atom. The van der Waals surface area contributed by atoms with Crippen molar-refractivity contribution in [3.8, 4) is 12.3 Å². The number of rotatable bonds is 3. The number of pyridine rings is 1. The van der Waals surface area contributed by atoms with E-state index in [1.807, 2.05) is 12.1 Å². The van der Waals surface area contributed by atoms with Crippen LogP contribution in [0.5, 0.6) is 0 Å². The number of hydrogen-bond acceptors (Lipinski definition) is 3. The summed E-state index contributed by atoms with van der Waals surface area (Å²) in [6, 6.07) is 8.44. The molecular weight excluding hydrogens is 293 g/mol. The second kappa shape index (κ2) is 6.49. The number of halogens is 1. The maximum atomic E-state index is 13.2. The van der Waals surface area contributed by atoms with Gasteiger partial charge in [-0.3, -0.25) is 4.79 Å². The first-order chi connectivity index (χ1) is 11.2. The Balaban J connectivity index is 1.72. The molecule has 116 valence electrons. The Kier molecular flexibility index (Phi) is 4.24. The van der Waals surface area contributed by atoms with Crippen LogP contribution in [-0.4, -0.2) is 24.0 Å². The molecule has 1 aromatic heterocycles. The minimum Gasteiger partial charge on any atom is -0.352 e. The molecule has 0 saturated heterocycles. The largest absolute Gasteiger partial charge is 0.352 e. The molecule has 4 nitrogen and oxygen atoms in total. The van der Waals surface area contributed by atoms with Crippen molar-refractivity contribution >= 4 is 11.7 Å². The zero-order valence-corrected chi connectivity index (χ0v) is 12.6. The van der Waals surface area contributed by atoms with Crippen LogP contribution in [0.3, 0.4) is 0 Å². The summed E-state index contributed by atoms with van der Waals surface area (Å²) in [6.45, 7) is 1.65. The summed E-state index contributed by atoms with van der Waals surface area (Å²) in [4.78, 5) is 18.3. The van der Waals surface area contributed by atoms with Crippen LogP contribution in [0.15, 0.2) is 36.5 Å². The first-order valence-electron chi connectivity index (χ1n) is 7.37. The Morgan fingerprint density at radius 3 is 2.96 bits per heavy atom. The van der Waals surface area contributed by atoms with E-state index in [2.05, 4.69) is 21.1 Å². The molecule has 0 bridgehead atoms. The van der Waals surface area contributed by atoms with Crippen molar-refractivity contribution in [1.82, 2.24) is 10.3 Å². The van der Waals surface area contributed by atoms with E-state index >= 15 is 0 Å². The summed E-state index contributed by atoms with van der Waals surface area (Å²) < 4.78 is 13.2. The van der Waals surface area contributed by atoms with E-state index in [9.17, 15) is 9.18 Å². The van der Waals surface area contributed by atoms with Gasteiger partial charge in [0.05, 0.1) is 12.1 Å². The monoisotopic (exact) mass is 309 g/mol. The number of carbonyl (C=O) groups excluding carboxylic acids is 1. The highest BCUT2D eigenvalue weighted by molar-refractivity contribution is 5.94. The van der Waals surface area contributed by atoms with Gasteiger partial charge in [-0.1, -0.05) is 12.0 Å². The van der Waals surface area contributed by atoms with Gasteiger partial charge in [-0.25, -0.2) is 9.37 Å². The number of amides is 1. The number of carbonyl (C=O) groups is 1. The molecule has 1 aliphatic rings. The fraction of sp³-hybridized carbons (Fsp3) is 0.222. The van der Waals surface area contributed by atoms with Gasteiger partial charge in [0.15, 0.2) is 0 Å². The van der Waals surface area contributed by atoms with Gasteiger partial charge < -0.3 is 10.2 Å². The predicted molar refractivity (Wildman–Crippen MR) is 86.6 cm³/mol. The van der Waals surface area contributed by atoms with Crippen LogP contribution < -0.4 is 10.2 Å². The Bertz CT molecular complexity index is 765. The zero-order chi connectivity index (χ0) is 16.2. The fourth-order valence-corrected chi connectivity index (χ4v) is 2.66. The summed E-state index contributed by atoms with van der Waals surface area (Å²) in [5.41, 5.74) is 2.63. The molecule has 0 radical (unpaired) electrons. The molecule has 0 aliphatic carbocycles. The molecule has 5 heteroatoms. The molecule has 23 heavy (non-hydrogen) atoms. The molecule has 0 saturated carbocycles. The highest BCUT2D eigenvalue weighted by Crippen LogP contribution is 2.23. The van der Waals surface area contributed by atoms with E-state index in [4.69, 9.17) is 6.42 Å². The lowest BCUT2D eigenvalue weighted by molar-refractivity contribution is 0.0958. The molecule has 0 spiro atoms. The van der Waals surface area contributed by atoms with E-state index < -0.39 is 0 Å². The van der Waals surface area contributed by atoms with Crippen LogP contribution in [-0.2, 0) is 13.0 Å². The van der Waals surface area contributed by atoms with Gasteiger partial charge in [-0.15, -0.1) is 6.42 Å². The van der Waals surface area contributed by atoms with Gasteiger partial charge >= 0.3 is 0 Å². The summed E-state index contributed by atoms with van der Waals surface area (Å²) in [6.07, 6.45) is 7.43. The maximum Gasteiger partial charge on any atom is 0.253 e. The second-order valence-electron chi connectivity index (χ2n) is 5.38. The Hall–Kier alpha value is -2.87. The number of benzene rings is 1. The molecule has 1 amide bonds. The van der Waals surface area contributed by atoms with Crippen LogP contribution in [0.2, 0.25) is 0 Å². The molecule has 3 rings (SSSR count). The SMILES string of the molecule is C#CCNC(=O)c1ccc(N2CCc3cc(F)ccc3C2)nc1. The summed E-state index contributed by atoms with van der Waals surface area (Å²) >= 11 is 0. The van der Waals surface area contributed by atoms with E-state index in [0.29, 0.717) is 12.1 Å². The number of hydrogen-bond donors (Lipinski definition) is 1. The molecule has 0 fully saturated rings. The van der Waals surface area contributed by atoms with Crippen molar-refractivity contribution in [2.45, 2.75) is 13.0 Å². The van der Waals surface area contributed by atoms with Crippen LogP contribution in [0.1, 0.15) is 21.5 Å². The number of nitrogens with zero attached hydrogens (tertiary/aromatic N) is 2. The molecule has 1 N–H and O–H groups in total. The van der Waals surface area contributed by atoms with E-state index in [1.54, 1.807) is 18.3 Å². The quantitative estimate of drug-likeness (QED) is 0.884. The summed E-state index contributed by atoms with van der Waals surface area (Å²) in [5, 5.41) is 2.60. The van der Waals surface area contributed by atoms with E-state index in [0.717, 1.165) is 29.9 Å². The van der Waals surface area contributed by atoms with Crippen molar-refractivity contribution < 1.29 is 9.18 Å². The highest BCUT2D eigenvalue weighted by Gasteiger charge is 2.18. The normalized spacial score (nSPS) is 13.1. The van der Waals surface area contributed by atoms with Gasteiger partial charge in [0.25, 0.3) is 5.91 Å². The number of anilines is 1. The predicted octanol–water partition coefficient (Wildman–Crippen LogP) is 2.15. The molecule has 1 aliphatic heterocycles. The molecule has 2 heterocycles. The maximum absolute atomic E-state index is 13.2. The van der Waals surface area contributed by atoms with Crippen molar-refractivity contribution in [3.05, 3.63) is 59.0 Å². The van der Waals surface area contributed by atoms with Crippen molar-refractivity contribution in [2.75, 3.05) is 18.0 Å². The number of aromatic nitrogens is 1. The van der Waals surface area contributed by atoms with Gasteiger partial charge in [0.2, 0.25) is 0 Å². The lowest BCUT2D eigenvalue weighted by atomic mass is 9.99. The van der Waals surface area contributed by atoms with Gasteiger partial charge in [0, 0.05) is 19.3 Å². The lowest BCUT2D eigenvalue weighted by Crippen LogP contribution is -2.31. The van der Waals surface area contributed by atoms with Gasteiger partial charge in [0.1, 0.15) is 11.6 Å². The fourth-order valence-electron chi connectivity index (χ4n) is 2.66. The van der Waals surface area contributed by atoms with Gasteiger partial charge in [-0.05, 0) is 41.8 Å². The van der Waals surface area contributed by atoms with Crippen LogP contribution in [0.4, 0.5) is 10.2 Å². The van der Waals surface area contributed by atoms with Crippen molar-refractivity contribution in [1.29, 1.82) is 0 Å². The zero-order valence-electron chi connectivity index (χ0n) is 12.6. The van der Waals surface area contributed by atoms with Crippen LogP contribution in [0, 0.1) is 18.2 Å². The second-order valence-corrected chi connectivity index (χ2v) is 5.38. The Morgan fingerprint density at radius 1 is 1.35 bits per heavy atom. The molecule has 2 aromatic rings. The van der Waals surface area contributed by atoms with Crippen LogP contribution in [0.25, 0.3) is 0 Å². The minimum absolute atomic E-state index is 0.194. The van der Waals surface area contributed by atoms with Gasteiger partial charge in [-0.2, -0.15) is 0 Å². The van der Waals surface area contributed by atoms with E-state index in [1.165, 1.54) is 6.07 Å². The summed E-state index contributed by atoms with van der Waals surface area (Å²) in [5.74, 6) is 2.73. The molecule has 1 aromatic carbocycles. The van der Waals surface area contributed by atoms with Crippen molar-refractivity contribution in [2.24, 2.45) is 0 Å². The topological polar surface area (TPSA) is 45.2 Å².